The monoisotopic (exact) mass is 311 g/mol. The molecule has 18 heavy (non-hydrogen) atoms. The van der Waals surface area contributed by atoms with Crippen LogP contribution in [-0.2, 0) is 17.6 Å². The summed E-state index contributed by atoms with van der Waals surface area (Å²) in [5.74, 6) is 0. The first-order valence-corrected chi connectivity index (χ1v) is 7.35. The van der Waals surface area contributed by atoms with E-state index < -0.39 is 0 Å². The molecule has 1 unspecified atom stereocenters. The maximum Gasteiger partial charge on any atom is 0.0746 e. The van der Waals surface area contributed by atoms with Crippen molar-refractivity contribution in [3.05, 3.63) is 33.8 Å². The summed E-state index contributed by atoms with van der Waals surface area (Å²) in [5.41, 5.74) is 2.89. The molecule has 1 aliphatic rings. The van der Waals surface area contributed by atoms with Crippen molar-refractivity contribution in [2.45, 2.75) is 44.8 Å². The van der Waals surface area contributed by atoms with Crippen molar-refractivity contribution in [1.82, 2.24) is 5.32 Å². The molecule has 0 fully saturated rings. The highest BCUT2D eigenvalue weighted by Gasteiger charge is 2.22. The number of ether oxygens (including phenoxy) is 1. The van der Waals surface area contributed by atoms with Gasteiger partial charge in [0.1, 0.15) is 0 Å². The first-order valence-electron chi connectivity index (χ1n) is 6.56. The zero-order valence-corrected chi connectivity index (χ0v) is 13.0. The molecule has 0 bridgehead atoms. The molecule has 0 saturated carbocycles. The molecule has 3 heteroatoms. The first kappa shape index (κ1) is 14.0. The van der Waals surface area contributed by atoms with Gasteiger partial charge in [-0.25, -0.2) is 0 Å². The molecule has 2 nitrogen and oxygen atoms in total. The number of aryl methyl sites for hydroxylation is 1. The second-order valence-electron chi connectivity index (χ2n) is 5.70. The predicted octanol–water partition coefficient (Wildman–Crippen LogP) is 3.32. The molecule has 2 rings (SSSR count). The van der Waals surface area contributed by atoms with Crippen LogP contribution in [0.4, 0.5) is 0 Å². The maximum absolute atomic E-state index is 5.45. The van der Waals surface area contributed by atoms with Crippen LogP contribution in [-0.4, -0.2) is 25.3 Å². The number of halogens is 1. The highest BCUT2D eigenvalue weighted by atomic mass is 79.9. The number of hydrogen-bond donors (Lipinski definition) is 1. The summed E-state index contributed by atoms with van der Waals surface area (Å²) < 4.78 is 6.63. The molecule has 0 saturated heterocycles. The van der Waals surface area contributed by atoms with Gasteiger partial charge in [-0.15, -0.1) is 0 Å². The van der Waals surface area contributed by atoms with Gasteiger partial charge in [0.05, 0.1) is 5.60 Å². The van der Waals surface area contributed by atoms with Crippen LogP contribution in [0.3, 0.4) is 0 Å². The second-order valence-corrected chi connectivity index (χ2v) is 6.61. The lowest BCUT2D eigenvalue weighted by molar-refractivity contribution is 0.0207. The van der Waals surface area contributed by atoms with Crippen LogP contribution in [0.2, 0.25) is 0 Å². The van der Waals surface area contributed by atoms with Crippen LogP contribution in [0.15, 0.2) is 22.7 Å². The van der Waals surface area contributed by atoms with Crippen LogP contribution in [0.1, 0.15) is 31.4 Å². The van der Waals surface area contributed by atoms with E-state index in [-0.39, 0.29) is 5.60 Å². The van der Waals surface area contributed by atoms with E-state index in [1.54, 1.807) is 7.11 Å². The molecule has 0 aliphatic heterocycles. The smallest absolute Gasteiger partial charge is 0.0746 e. The van der Waals surface area contributed by atoms with Gasteiger partial charge < -0.3 is 10.1 Å². The van der Waals surface area contributed by atoms with Crippen molar-refractivity contribution in [3.63, 3.8) is 0 Å². The molecule has 1 aliphatic carbocycles. The zero-order chi connectivity index (χ0) is 13.2. The van der Waals surface area contributed by atoms with Crippen LogP contribution in [0, 0.1) is 0 Å². The molecule has 0 aromatic heterocycles. The third kappa shape index (κ3) is 3.56. The third-order valence-electron chi connectivity index (χ3n) is 3.77. The van der Waals surface area contributed by atoms with Crippen LogP contribution < -0.4 is 5.32 Å². The lowest BCUT2D eigenvalue weighted by Crippen LogP contribution is -2.44. The third-order valence-corrected chi connectivity index (χ3v) is 4.26. The Kier molecular flexibility index (Phi) is 4.46. The standard InChI is InChI=1S/C15H22BrNO/c1-15(2,18-3)10-17-14-7-5-11-8-13(16)6-4-12(11)9-14/h4,6,8,14,17H,5,7,9-10H2,1-3H3. The molecular weight excluding hydrogens is 290 g/mol. The predicted molar refractivity (Wildman–Crippen MR) is 79.0 cm³/mol. The van der Waals surface area contributed by atoms with E-state index >= 15 is 0 Å². The molecule has 1 atom stereocenters. The number of nitrogens with one attached hydrogen (secondary N) is 1. The maximum atomic E-state index is 5.45. The highest BCUT2D eigenvalue weighted by molar-refractivity contribution is 9.10. The topological polar surface area (TPSA) is 21.3 Å². The van der Waals surface area contributed by atoms with Crippen LogP contribution >= 0.6 is 15.9 Å². The van der Waals surface area contributed by atoms with Gasteiger partial charge in [0.2, 0.25) is 0 Å². The molecule has 0 radical (unpaired) electrons. The van der Waals surface area contributed by atoms with Crippen molar-refractivity contribution < 1.29 is 4.74 Å². The Morgan fingerprint density at radius 3 is 2.89 bits per heavy atom. The minimum Gasteiger partial charge on any atom is -0.377 e. The highest BCUT2D eigenvalue weighted by Crippen LogP contribution is 2.25. The number of fused-ring (bicyclic) bond motifs is 1. The van der Waals surface area contributed by atoms with Crippen LogP contribution in [0.5, 0.6) is 0 Å². The average Bonchev–Trinajstić information content (AvgIpc) is 2.36. The number of rotatable bonds is 4. The number of hydrogen-bond acceptors (Lipinski definition) is 2. The van der Waals surface area contributed by atoms with Gasteiger partial charge in [0, 0.05) is 24.2 Å². The Hall–Kier alpha value is -0.380. The molecule has 0 amide bonds. The summed E-state index contributed by atoms with van der Waals surface area (Å²) in [6, 6.07) is 7.22. The fourth-order valence-electron chi connectivity index (χ4n) is 2.36. The van der Waals surface area contributed by atoms with Gasteiger partial charge >= 0.3 is 0 Å². The first-order chi connectivity index (χ1) is 8.50. The number of benzene rings is 1. The summed E-state index contributed by atoms with van der Waals surface area (Å²) in [5, 5.41) is 3.63. The Morgan fingerprint density at radius 2 is 2.17 bits per heavy atom. The van der Waals surface area contributed by atoms with Crippen molar-refractivity contribution in [3.8, 4) is 0 Å². The van der Waals surface area contributed by atoms with Gasteiger partial charge in [0.25, 0.3) is 0 Å². The molecular formula is C15H22BrNO. The summed E-state index contributed by atoms with van der Waals surface area (Å²) >= 11 is 3.54. The summed E-state index contributed by atoms with van der Waals surface area (Å²) in [4.78, 5) is 0. The zero-order valence-electron chi connectivity index (χ0n) is 11.4. The van der Waals surface area contributed by atoms with E-state index in [4.69, 9.17) is 4.74 Å². The largest absolute Gasteiger partial charge is 0.377 e. The van der Waals surface area contributed by atoms with Gasteiger partial charge in [-0.3, -0.25) is 0 Å². The molecule has 100 valence electrons. The van der Waals surface area contributed by atoms with Crippen molar-refractivity contribution in [2.75, 3.05) is 13.7 Å². The Labute approximate surface area is 118 Å². The minimum absolute atomic E-state index is 0.0833. The Morgan fingerprint density at radius 1 is 1.39 bits per heavy atom. The quantitative estimate of drug-likeness (QED) is 0.921. The molecule has 1 aromatic rings. The summed E-state index contributed by atoms with van der Waals surface area (Å²) in [7, 11) is 1.77. The van der Waals surface area contributed by atoms with Crippen molar-refractivity contribution >= 4 is 15.9 Å². The van der Waals surface area contributed by atoms with E-state index in [0.29, 0.717) is 6.04 Å². The van der Waals surface area contributed by atoms with E-state index in [0.717, 1.165) is 13.0 Å². The van der Waals surface area contributed by atoms with E-state index in [1.807, 2.05) is 0 Å². The van der Waals surface area contributed by atoms with Gasteiger partial charge in [0.15, 0.2) is 0 Å². The fraction of sp³-hybridized carbons (Fsp3) is 0.600. The second kappa shape index (κ2) is 5.72. The normalized spacial score (nSPS) is 19.7. The summed E-state index contributed by atoms with van der Waals surface area (Å²) in [6.07, 6.45) is 3.51. The minimum atomic E-state index is -0.0833. The molecule has 0 spiro atoms. The lowest BCUT2D eigenvalue weighted by atomic mass is 9.88. The van der Waals surface area contributed by atoms with E-state index in [9.17, 15) is 0 Å². The molecule has 0 heterocycles. The Balaban J connectivity index is 1.94. The van der Waals surface area contributed by atoms with Crippen LogP contribution in [0.25, 0.3) is 0 Å². The summed E-state index contributed by atoms with van der Waals surface area (Å²) in [6.45, 7) is 5.14. The molecule has 1 N–H and O–H groups in total. The van der Waals surface area contributed by atoms with Gasteiger partial charge in [-0.2, -0.15) is 0 Å². The SMILES string of the molecule is COC(C)(C)CNC1CCc2cc(Br)ccc2C1. The van der Waals surface area contributed by atoms with E-state index in [1.165, 1.54) is 28.4 Å². The molecule has 1 aromatic carbocycles. The number of methoxy groups -OCH3 is 1. The Bertz CT molecular complexity index is 417. The lowest BCUT2D eigenvalue weighted by Gasteiger charge is -2.30. The fourth-order valence-corrected chi connectivity index (χ4v) is 2.77. The van der Waals surface area contributed by atoms with Gasteiger partial charge in [-0.1, -0.05) is 22.0 Å². The van der Waals surface area contributed by atoms with E-state index in [2.05, 4.69) is 53.3 Å². The van der Waals surface area contributed by atoms with Crippen molar-refractivity contribution in [2.24, 2.45) is 0 Å². The van der Waals surface area contributed by atoms with Gasteiger partial charge in [-0.05, 0) is 56.4 Å². The average molecular weight is 312 g/mol. The van der Waals surface area contributed by atoms with Crippen molar-refractivity contribution in [1.29, 1.82) is 0 Å².